The topological polar surface area (TPSA) is 88.5 Å². The van der Waals surface area contributed by atoms with Crippen LogP contribution in [0.1, 0.15) is 26.8 Å². The molecule has 1 rings (SSSR count). The van der Waals surface area contributed by atoms with E-state index in [1.54, 1.807) is 6.92 Å². The molecule has 0 unspecified atom stereocenters. The van der Waals surface area contributed by atoms with E-state index in [-0.39, 0.29) is 24.6 Å². The standard InChI is InChI=1S/C10H14N2O4S/c1-6-9(10(14)15)12-8(17-6)5-11-7(13)3-4-16-2/h3-5H2,1-2H3,(H,11,13)(H,14,15). The summed E-state index contributed by atoms with van der Waals surface area (Å²) in [5.74, 6) is -1.19. The maximum absolute atomic E-state index is 11.3. The number of hydrogen-bond donors (Lipinski definition) is 2. The van der Waals surface area contributed by atoms with E-state index >= 15 is 0 Å². The maximum Gasteiger partial charge on any atom is 0.355 e. The molecule has 17 heavy (non-hydrogen) atoms. The lowest BCUT2D eigenvalue weighted by Gasteiger charge is -2.01. The van der Waals surface area contributed by atoms with Gasteiger partial charge in [-0.05, 0) is 6.92 Å². The summed E-state index contributed by atoms with van der Waals surface area (Å²) in [4.78, 5) is 26.6. The third kappa shape index (κ3) is 4.12. The average molecular weight is 258 g/mol. The molecule has 6 nitrogen and oxygen atoms in total. The predicted molar refractivity (Wildman–Crippen MR) is 62.2 cm³/mol. The number of carboxylic acid groups (broad SMARTS) is 1. The lowest BCUT2D eigenvalue weighted by atomic mass is 10.4. The molecule has 0 radical (unpaired) electrons. The van der Waals surface area contributed by atoms with Gasteiger partial charge < -0.3 is 15.2 Å². The number of aromatic nitrogens is 1. The van der Waals surface area contributed by atoms with Gasteiger partial charge in [-0.15, -0.1) is 11.3 Å². The van der Waals surface area contributed by atoms with E-state index in [9.17, 15) is 9.59 Å². The highest BCUT2D eigenvalue weighted by atomic mass is 32.1. The summed E-state index contributed by atoms with van der Waals surface area (Å²) < 4.78 is 4.77. The Balaban J connectivity index is 2.50. The van der Waals surface area contributed by atoms with Gasteiger partial charge in [0.05, 0.1) is 13.2 Å². The molecule has 7 heteroatoms. The lowest BCUT2D eigenvalue weighted by Crippen LogP contribution is -2.23. The SMILES string of the molecule is COCCC(=O)NCc1nc(C(=O)O)c(C)s1. The largest absolute Gasteiger partial charge is 0.476 e. The van der Waals surface area contributed by atoms with Crippen molar-refractivity contribution in [1.82, 2.24) is 10.3 Å². The Morgan fingerprint density at radius 2 is 2.24 bits per heavy atom. The van der Waals surface area contributed by atoms with Crippen LogP contribution in [0.4, 0.5) is 0 Å². The van der Waals surface area contributed by atoms with Crippen LogP contribution in [0.3, 0.4) is 0 Å². The monoisotopic (exact) mass is 258 g/mol. The molecule has 0 aliphatic rings. The molecule has 0 saturated heterocycles. The first-order valence-corrected chi connectivity index (χ1v) is 5.81. The Morgan fingerprint density at radius 1 is 1.53 bits per heavy atom. The fourth-order valence-electron chi connectivity index (χ4n) is 1.18. The molecule has 94 valence electrons. The molecule has 0 aromatic carbocycles. The number of ether oxygens (including phenoxy) is 1. The molecule has 2 N–H and O–H groups in total. The van der Waals surface area contributed by atoms with Crippen molar-refractivity contribution in [3.63, 3.8) is 0 Å². The number of carboxylic acids is 1. The van der Waals surface area contributed by atoms with Crippen molar-refractivity contribution in [1.29, 1.82) is 0 Å². The molecule has 1 heterocycles. The zero-order chi connectivity index (χ0) is 12.8. The van der Waals surface area contributed by atoms with Gasteiger partial charge in [-0.1, -0.05) is 0 Å². The summed E-state index contributed by atoms with van der Waals surface area (Å²) in [7, 11) is 1.52. The first-order chi connectivity index (χ1) is 8.04. The van der Waals surface area contributed by atoms with Crippen LogP contribution in [-0.4, -0.2) is 35.7 Å². The van der Waals surface area contributed by atoms with E-state index in [1.165, 1.54) is 18.4 Å². The minimum atomic E-state index is -1.05. The van der Waals surface area contributed by atoms with Crippen molar-refractivity contribution >= 4 is 23.2 Å². The second-order valence-corrected chi connectivity index (χ2v) is 4.62. The van der Waals surface area contributed by atoms with Gasteiger partial charge in [-0.3, -0.25) is 4.79 Å². The molecule has 0 saturated carbocycles. The van der Waals surface area contributed by atoms with Crippen LogP contribution < -0.4 is 5.32 Å². The van der Waals surface area contributed by atoms with Gasteiger partial charge in [-0.2, -0.15) is 0 Å². The number of aryl methyl sites for hydroxylation is 1. The number of nitrogens with one attached hydrogen (secondary N) is 1. The third-order valence-corrected chi connectivity index (χ3v) is 2.98. The fourth-order valence-corrected chi connectivity index (χ4v) is 2.05. The van der Waals surface area contributed by atoms with E-state index < -0.39 is 5.97 Å². The molecular weight excluding hydrogens is 244 g/mol. The molecule has 0 spiro atoms. The zero-order valence-corrected chi connectivity index (χ0v) is 10.5. The molecular formula is C10H14N2O4S. The van der Waals surface area contributed by atoms with Gasteiger partial charge in [0.2, 0.25) is 5.91 Å². The van der Waals surface area contributed by atoms with Crippen LogP contribution in [0.15, 0.2) is 0 Å². The van der Waals surface area contributed by atoms with Gasteiger partial charge in [0.1, 0.15) is 5.01 Å². The van der Waals surface area contributed by atoms with Crippen molar-refractivity contribution in [2.24, 2.45) is 0 Å². The van der Waals surface area contributed by atoms with Crippen molar-refractivity contribution in [2.45, 2.75) is 19.9 Å². The van der Waals surface area contributed by atoms with Gasteiger partial charge in [0, 0.05) is 18.4 Å². The van der Waals surface area contributed by atoms with Crippen molar-refractivity contribution in [2.75, 3.05) is 13.7 Å². The van der Waals surface area contributed by atoms with E-state index in [1.807, 2.05) is 0 Å². The number of carbonyl (C=O) groups excluding carboxylic acids is 1. The number of carbonyl (C=O) groups is 2. The van der Waals surface area contributed by atoms with Crippen LogP contribution in [-0.2, 0) is 16.1 Å². The number of hydrogen-bond acceptors (Lipinski definition) is 5. The summed E-state index contributed by atoms with van der Waals surface area (Å²) in [6.07, 6.45) is 0.284. The minimum Gasteiger partial charge on any atom is -0.476 e. The van der Waals surface area contributed by atoms with Crippen LogP contribution in [0.2, 0.25) is 0 Å². The highest BCUT2D eigenvalue weighted by Gasteiger charge is 2.14. The Morgan fingerprint density at radius 3 is 2.76 bits per heavy atom. The zero-order valence-electron chi connectivity index (χ0n) is 9.65. The molecule has 1 aromatic heterocycles. The summed E-state index contributed by atoms with van der Waals surface area (Å²) in [5.41, 5.74) is 0.0520. The average Bonchev–Trinajstić information content (AvgIpc) is 2.65. The Hall–Kier alpha value is -1.47. The molecule has 0 aliphatic carbocycles. The van der Waals surface area contributed by atoms with Crippen LogP contribution in [0, 0.1) is 6.92 Å². The molecule has 0 fully saturated rings. The number of nitrogens with zero attached hydrogens (tertiary/aromatic N) is 1. The first-order valence-electron chi connectivity index (χ1n) is 4.99. The fraction of sp³-hybridized carbons (Fsp3) is 0.500. The molecule has 0 atom stereocenters. The summed E-state index contributed by atoms with van der Waals surface area (Å²) in [6.45, 7) is 2.31. The molecule has 0 bridgehead atoms. The van der Waals surface area contributed by atoms with Crippen LogP contribution in [0.25, 0.3) is 0 Å². The highest BCUT2D eigenvalue weighted by molar-refractivity contribution is 7.11. The molecule has 1 amide bonds. The minimum absolute atomic E-state index is 0.0520. The second-order valence-electron chi connectivity index (χ2n) is 3.34. The number of methoxy groups -OCH3 is 1. The first kappa shape index (κ1) is 13.6. The third-order valence-electron chi connectivity index (χ3n) is 2.01. The molecule has 1 aromatic rings. The van der Waals surface area contributed by atoms with Gasteiger partial charge in [0.25, 0.3) is 0 Å². The quantitative estimate of drug-likeness (QED) is 0.788. The van der Waals surface area contributed by atoms with Gasteiger partial charge in [-0.25, -0.2) is 9.78 Å². The predicted octanol–water partition coefficient (Wildman–Crippen LogP) is 0.802. The molecule has 0 aliphatic heterocycles. The number of amides is 1. The summed E-state index contributed by atoms with van der Waals surface area (Å²) in [6, 6.07) is 0. The Bertz CT molecular complexity index is 416. The Kier molecular flexibility index (Phi) is 5.05. The second kappa shape index (κ2) is 6.31. The van der Waals surface area contributed by atoms with Crippen LogP contribution in [0.5, 0.6) is 0 Å². The lowest BCUT2D eigenvalue weighted by molar-refractivity contribution is -0.122. The van der Waals surface area contributed by atoms with E-state index in [4.69, 9.17) is 9.84 Å². The maximum atomic E-state index is 11.3. The van der Waals surface area contributed by atoms with Gasteiger partial charge >= 0.3 is 5.97 Å². The normalized spacial score (nSPS) is 10.2. The number of thiazole rings is 1. The van der Waals surface area contributed by atoms with Crippen molar-refractivity contribution in [3.05, 3.63) is 15.6 Å². The number of rotatable bonds is 6. The van der Waals surface area contributed by atoms with E-state index in [0.717, 1.165) is 0 Å². The van der Waals surface area contributed by atoms with E-state index in [2.05, 4.69) is 10.3 Å². The van der Waals surface area contributed by atoms with Gasteiger partial charge in [0.15, 0.2) is 5.69 Å². The number of aromatic carboxylic acids is 1. The Labute approximate surface area is 103 Å². The summed E-state index contributed by atoms with van der Waals surface area (Å²) >= 11 is 1.27. The summed E-state index contributed by atoms with van der Waals surface area (Å²) in [5, 5.41) is 12.1. The van der Waals surface area contributed by atoms with Crippen molar-refractivity contribution < 1.29 is 19.4 Å². The highest BCUT2D eigenvalue weighted by Crippen LogP contribution is 2.17. The van der Waals surface area contributed by atoms with E-state index in [0.29, 0.717) is 16.5 Å². The van der Waals surface area contributed by atoms with Crippen molar-refractivity contribution in [3.8, 4) is 0 Å². The smallest absolute Gasteiger partial charge is 0.355 e. The van der Waals surface area contributed by atoms with Crippen LogP contribution >= 0.6 is 11.3 Å².